The summed E-state index contributed by atoms with van der Waals surface area (Å²) < 4.78 is 23.7. The number of epoxide rings is 1. The summed E-state index contributed by atoms with van der Waals surface area (Å²) in [7, 11) is 0. The quantitative estimate of drug-likeness (QED) is 0.340. The number of esters is 1. The molecule has 5 fully saturated rings. The Kier molecular flexibility index (Phi) is 4.80. The normalized spacial score (nSPS) is 59.7. The minimum absolute atomic E-state index is 0.0688. The molecule has 0 aromatic carbocycles. The van der Waals surface area contributed by atoms with Crippen LogP contribution in [0, 0.1) is 23.7 Å². The summed E-state index contributed by atoms with van der Waals surface area (Å²) in [6.07, 6.45) is -4.74. The first kappa shape index (κ1) is 21.1. The lowest BCUT2D eigenvalue weighted by atomic mass is 9.78. The molecule has 1 spiro atoms. The lowest BCUT2D eigenvalue weighted by Crippen LogP contribution is -2.60. The van der Waals surface area contributed by atoms with Crippen molar-refractivity contribution in [3.05, 3.63) is 0 Å². The lowest BCUT2D eigenvalue weighted by molar-refractivity contribution is -0.315. The van der Waals surface area contributed by atoms with Crippen molar-refractivity contribution in [3.63, 3.8) is 0 Å². The molecule has 0 amide bonds. The summed E-state index contributed by atoms with van der Waals surface area (Å²) >= 11 is 0. The van der Waals surface area contributed by atoms with E-state index in [0.717, 1.165) is 12.8 Å². The Labute approximate surface area is 175 Å². The van der Waals surface area contributed by atoms with E-state index in [1.165, 1.54) is 0 Å². The van der Waals surface area contributed by atoms with E-state index in [-0.39, 0.29) is 41.8 Å². The van der Waals surface area contributed by atoms with Gasteiger partial charge in [-0.3, -0.25) is 4.79 Å². The second kappa shape index (κ2) is 6.84. The number of fused-ring (bicyclic) bond motifs is 1. The zero-order valence-electron chi connectivity index (χ0n) is 17.5. The molecule has 0 aromatic heterocycles. The Morgan fingerprint density at radius 1 is 1.13 bits per heavy atom. The van der Waals surface area contributed by atoms with E-state index >= 15 is 0 Å². The van der Waals surface area contributed by atoms with Crippen LogP contribution in [0.5, 0.6) is 0 Å². The van der Waals surface area contributed by atoms with E-state index in [2.05, 4.69) is 6.92 Å². The first-order valence-electron chi connectivity index (χ1n) is 11.0. The van der Waals surface area contributed by atoms with E-state index in [9.17, 15) is 25.2 Å². The predicted molar refractivity (Wildman–Crippen MR) is 99.9 cm³/mol. The van der Waals surface area contributed by atoms with Gasteiger partial charge in [0.2, 0.25) is 0 Å². The summed E-state index contributed by atoms with van der Waals surface area (Å²) in [5.41, 5.74) is -1.00. The van der Waals surface area contributed by atoms with Crippen LogP contribution in [-0.4, -0.2) is 87.1 Å². The summed E-state index contributed by atoms with van der Waals surface area (Å²) in [6.45, 7) is 5.58. The van der Waals surface area contributed by atoms with Crippen LogP contribution < -0.4 is 0 Å². The average molecular weight is 428 g/mol. The molecular formula is C21H32O9. The molecule has 3 aliphatic heterocycles. The highest BCUT2D eigenvalue weighted by atomic mass is 16.7. The van der Waals surface area contributed by atoms with Crippen LogP contribution in [0.1, 0.15) is 40.0 Å². The molecule has 9 heteroatoms. The monoisotopic (exact) mass is 428 g/mol. The summed E-state index contributed by atoms with van der Waals surface area (Å²) in [4.78, 5) is 12.1. The van der Waals surface area contributed by atoms with Gasteiger partial charge in [-0.15, -0.1) is 0 Å². The third kappa shape index (κ3) is 2.69. The molecule has 30 heavy (non-hydrogen) atoms. The van der Waals surface area contributed by atoms with Crippen molar-refractivity contribution in [2.45, 2.75) is 94.1 Å². The van der Waals surface area contributed by atoms with Crippen molar-refractivity contribution in [1.82, 2.24) is 0 Å². The van der Waals surface area contributed by atoms with Crippen molar-refractivity contribution < 1.29 is 44.2 Å². The molecular weight excluding hydrogens is 396 g/mol. The molecule has 5 aliphatic rings. The number of hydrogen-bond donors (Lipinski definition) is 4. The molecule has 0 aromatic rings. The molecule has 5 rings (SSSR count). The molecule has 3 saturated heterocycles. The summed E-state index contributed by atoms with van der Waals surface area (Å²) in [5.74, 6) is 0.297. The first-order valence-corrected chi connectivity index (χ1v) is 11.0. The fourth-order valence-corrected chi connectivity index (χ4v) is 6.65. The fraction of sp³-hybridized carbons (Fsp3) is 0.952. The van der Waals surface area contributed by atoms with Crippen molar-refractivity contribution in [3.8, 4) is 0 Å². The fourth-order valence-electron chi connectivity index (χ4n) is 6.65. The van der Waals surface area contributed by atoms with Crippen LogP contribution in [0.15, 0.2) is 0 Å². The number of carbonyl (C=O) groups is 1. The SMILES string of the molecule is C[C@H]1C[C@@H]2OC(=O)[C@H](C)[C@H]2C[C@@]23O[C@]2(C)[C@H](O[C@@H]2O[C@H](CO)[C@@H](O)[C@H](O)[C@H]2O)C[C@@H]13. The highest BCUT2D eigenvalue weighted by Crippen LogP contribution is 2.70. The smallest absolute Gasteiger partial charge is 0.309 e. The zero-order chi connectivity index (χ0) is 21.6. The molecule has 3 heterocycles. The number of hydrogen-bond acceptors (Lipinski definition) is 9. The number of ether oxygens (including phenoxy) is 4. The molecule has 13 atom stereocenters. The number of rotatable bonds is 3. The lowest BCUT2D eigenvalue weighted by Gasteiger charge is -2.41. The van der Waals surface area contributed by atoms with Gasteiger partial charge in [-0.2, -0.15) is 0 Å². The second-order valence-electron chi connectivity index (χ2n) is 10.1. The molecule has 4 N–H and O–H groups in total. The van der Waals surface area contributed by atoms with Gasteiger partial charge in [0, 0.05) is 5.92 Å². The maximum atomic E-state index is 12.1. The predicted octanol–water partition coefficient (Wildman–Crippen LogP) is -0.673. The number of aliphatic hydroxyl groups is 4. The van der Waals surface area contributed by atoms with Gasteiger partial charge in [-0.1, -0.05) is 13.8 Å². The van der Waals surface area contributed by atoms with E-state index in [1.807, 2.05) is 13.8 Å². The van der Waals surface area contributed by atoms with Gasteiger partial charge in [0.05, 0.1) is 18.6 Å². The maximum absolute atomic E-state index is 12.1. The van der Waals surface area contributed by atoms with Crippen LogP contribution in [0.4, 0.5) is 0 Å². The first-order chi connectivity index (χ1) is 14.1. The van der Waals surface area contributed by atoms with Crippen LogP contribution >= 0.6 is 0 Å². The Balaban J connectivity index is 1.36. The highest BCUT2D eigenvalue weighted by Gasteiger charge is 2.81. The van der Waals surface area contributed by atoms with E-state index in [0.29, 0.717) is 6.42 Å². The van der Waals surface area contributed by atoms with Gasteiger partial charge in [0.15, 0.2) is 6.29 Å². The van der Waals surface area contributed by atoms with Gasteiger partial charge in [0.25, 0.3) is 0 Å². The molecule has 170 valence electrons. The molecule has 0 bridgehead atoms. The number of carbonyl (C=O) groups excluding carboxylic acids is 1. The third-order valence-electron chi connectivity index (χ3n) is 8.61. The Bertz CT molecular complexity index is 715. The van der Waals surface area contributed by atoms with Crippen LogP contribution in [-0.2, 0) is 23.7 Å². The topological polar surface area (TPSA) is 138 Å². The highest BCUT2D eigenvalue weighted by molar-refractivity contribution is 5.75. The van der Waals surface area contributed by atoms with Crippen molar-refractivity contribution in [2.24, 2.45) is 23.7 Å². The van der Waals surface area contributed by atoms with Crippen LogP contribution in [0.25, 0.3) is 0 Å². The molecule has 9 nitrogen and oxygen atoms in total. The Morgan fingerprint density at radius 3 is 2.57 bits per heavy atom. The van der Waals surface area contributed by atoms with Crippen molar-refractivity contribution >= 4 is 5.97 Å². The number of aliphatic hydroxyl groups excluding tert-OH is 4. The van der Waals surface area contributed by atoms with Crippen molar-refractivity contribution in [2.75, 3.05) is 6.61 Å². The zero-order valence-corrected chi connectivity index (χ0v) is 17.5. The van der Waals surface area contributed by atoms with Gasteiger partial charge in [0.1, 0.15) is 41.7 Å². The summed E-state index contributed by atoms with van der Waals surface area (Å²) in [6, 6.07) is 0. The maximum Gasteiger partial charge on any atom is 0.309 e. The van der Waals surface area contributed by atoms with Gasteiger partial charge >= 0.3 is 5.97 Å². The van der Waals surface area contributed by atoms with E-state index < -0.39 is 48.5 Å². The Morgan fingerprint density at radius 2 is 1.87 bits per heavy atom. The minimum Gasteiger partial charge on any atom is -0.462 e. The average Bonchev–Trinajstić information content (AvgIpc) is 3.18. The molecule has 0 radical (unpaired) electrons. The molecule has 2 saturated carbocycles. The van der Waals surface area contributed by atoms with Gasteiger partial charge in [-0.05, 0) is 38.0 Å². The minimum atomic E-state index is -1.48. The van der Waals surface area contributed by atoms with Crippen LogP contribution in [0.3, 0.4) is 0 Å². The second-order valence-corrected chi connectivity index (χ2v) is 10.1. The molecule has 0 unspecified atom stereocenters. The van der Waals surface area contributed by atoms with E-state index in [4.69, 9.17) is 18.9 Å². The Hall–Kier alpha value is -0.810. The molecule has 2 aliphatic carbocycles. The third-order valence-corrected chi connectivity index (χ3v) is 8.61. The van der Waals surface area contributed by atoms with E-state index in [1.54, 1.807) is 0 Å². The summed E-state index contributed by atoms with van der Waals surface area (Å²) in [5, 5.41) is 39.9. The largest absolute Gasteiger partial charge is 0.462 e. The standard InChI is InChI=1S/C21H32O9/c1-8-4-12-10(9(2)18(26)27-12)6-21-11(8)5-14(20(21,3)30-21)29-19-17(25)16(24)15(23)13(7-22)28-19/h8-17,19,22-25H,4-7H2,1-3H3/t8-,9+,10+,11-,12-,13+,14+,15+,16-,17+,19-,20+,21-/m0/s1. The van der Waals surface area contributed by atoms with Crippen molar-refractivity contribution in [1.29, 1.82) is 0 Å². The van der Waals surface area contributed by atoms with Gasteiger partial charge in [-0.25, -0.2) is 0 Å². The van der Waals surface area contributed by atoms with Crippen LogP contribution in [0.2, 0.25) is 0 Å². The van der Waals surface area contributed by atoms with Gasteiger partial charge < -0.3 is 39.4 Å².